The third-order valence-electron chi connectivity index (χ3n) is 5.20. The lowest BCUT2D eigenvalue weighted by Crippen LogP contribution is -2.42. The Morgan fingerprint density at radius 2 is 1.84 bits per heavy atom. The Bertz CT molecular complexity index is 1020. The molecule has 4 rings (SSSR count). The number of carbonyl (C=O) groups is 2. The first kappa shape index (κ1) is 22.1. The standard InChI is InChI=1S/C24H25N3O4S/c1-30-20-9-7-18(8-10-20)15-21-23(29)27(16-19-5-3-2-4-6-19)24(25-21)32-17-22(28)26-11-13-31-14-12-26/h2-10,15H,11-14,16-17H2,1H3/b21-15-. The molecule has 0 aliphatic carbocycles. The van der Waals surface area contributed by atoms with E-state index in [9.17, 15) is 9.59 Å². The third kappa shape index (κ3) is 5.38. The van der Waals surface area contributed by atoms with E-state index in [4.69, 9.17) is 9.47 Å². The van der Waals surface area contributed by atoms with Crippen molar-refractivity contribution in [2.45, 2.75) is 6.54 Å². The number of hydrogen-bond donors (Lipinski definition) is 0. The molecule has 2 aliphatic heterocycles. The number of rotatable bonds is 6. The third-order valence-corrected chi connectivity index (χ3v) is 6.16. The summed E-state index contributed by atoms with van der Waals surface area (Å²) in [6, 6.07) is 17.2. The molecule has 0 radical (unpaired) electrons. The Labute approximate surface area is 191 Å². The molecule has 0 atom stereocenters. The number of aliphatic imine (C=N–C) groups is 1. The smallest absolute Gasteiger partial charge is 0.278 e. The van der Waals surface area contributed by atoms with Crippen LogP contribution in [0.4, 0.5) is 0 Å². The number of nitrogens with zero attached hydrogens (tertiary/aromatic N) is 3. The largest absolute Gasteiger partial charge is 0.497 e. The van der Waals surface area contributed by atoms with Gasteiger partial charge < -0.3 is 14.4 Å². The fraction of sp³-hybridized carbons (Fsp3) is 0.292. The number of hydrogen-bond acceptors (Lipinski definition) is 6. The molecule has 1 fully saturated rings. The summed E-state index contributed by atoms with van der Waals surface area (Å²) in [6.45, 7) is 2.72. The van der Waals surface area contributed by atoms with E-state index in [1.807, 2.05) is 54.6 Å². The Morgan fingerprint density at radius 3 is 2.53 bits per heavy atom. The molecule has 2 aromatic carbocycles. The van der Waals surface area contributed by atoms with Crippen LogP contribution in [0.3, 0.4) is 0 Å². The van der Waals surface area contributed by atoms with Crippen molar-refractivity contribution in [3.63, 3.8) is 0 Å². The van der Waals surface area contributed by atoms with Crippen molar-refractivity contribution in [3.8, 4) is 5.75 Å². The van der Waals surface area contributed by atoms with Gasteiger partial charge in [0.15, 0.2) is 5.17 Å². The van der Waals surface area contributed by atoms with Crippen molar-refractivity contribution in [1.82, 2.24) is 9.80 Å². The molecule has 2 amide bonds. The molecule has 7 nitrogen and oxygen atoms in total. The molecule has 2 aromatic rings. The van der Waals surface area contributed by atoms with Crippen LogP contribution in [0.15, 0.2) is 65.3 Å². The maximum atomic E-state index is 13.2. The minimum atomic E-state index is -0.175. The van der Waals surface area contributed by atoms with Gasteiger partial charge >= 0.3 is 0 Å². The molecular formula is C24H25N3O4S. The molecule has 0 N–H and O–H groups in total. The first-order valence-corrected chi connectivity index (χ1v) is 11.4. The Kier molecular flexibility index (Phi) is 7.24. The molecule has 2 heterocycles. The van der Waals surface area contributed by atoms with Gasteiger partial charge in [-0.3, -0.25) is 14.5 Å². The quantitative estimate of drug-likeness (QED) is 0.632. The lowest BCUT2D eigenvalue weighted by atomic mass is 10.1. The van der Waals surface area contributed by atoms with Gasteiger partial charge in [0.05, 0.1) is 32.6 Å². The van der Waals surface area contributed by atoms with Gasteiger partial charge in [-0.2, -0.15) is 0 Å². The summed E-state index contributed by atoms with van der Waals surface area (Å²) >= 11 is 1.30. The summed E-state index contributed by atoms with van der Waals surface area (Å²) in [4.78, 5) is 33.8. The number of amides is 2. The molecule has 8 heteroatoms. The molecule has 0 saturated carbocycles. The van der Waals surface area contributed by atoms with Crippen LogP contribution >= 0.6 is 11.8 Å². The zero-order chi connectivity index (χ0) is 22.3. The topological polar surface area (TPSA) is 71.4 Å². The number of thioether (sulfide) groups is 1. The second-order valence-electron chi connectivity index (χ2n) is 7.36. The van der Waals surface area contributed by atoms with Crippen LogP contribution in [0.1, 0.15) is 11.1 Å². The fourth-order valence-corrected chi connectivity index (χ4v) is 4.34. The van der Waals surface area contributed by atoms with Crippen LogP contribution in [0.2, 0.25) is 0 Å². The highest BCUT2D eigenvalue weighted by Gasteiger charge is 2.31. The molecule has 32 heavy (non-hydrogen) atoms. The lowest BCUT2D eigenvalue weighted by molar-refractivity contribution is -0.132. The predicted octanol–water partition coefficient (Wildman–Crippen LogP) is 3.03. The maximum Gasteiger partial charge on any atom is 0.278 e. The monoisotopic (exact) mass is 451 g/mol. The van der Waals surface area contributed by atoms with Gasteiger partial charge in [0.1, 0.15) is 11.4 Å². The maximum absolute atomic E-state index is 13.2. The predicted molar refractivity (Wildman–Crippen MR) is 125 cm³/mol. The zero-order valence-corrected chi connectivity index (χ0v) is 18.7. The molecule has 2 aliphatic rings. The first-order chi connectivity index (χ1) is 15.6. The summed E-state index contributed by atoms with van der Waals surface area (Å²) < 4.78 is 10.5. The summed E-state index contributed by atoms with van der Waals surface area (Å²) in [5, 5.41) is 0.542. The number of ether oxygens (including phenoxy) is 2. The number of morpholine rings is 1. The minimum absolute atomic E-state index is 0.0284. The van der Waals surface area contributed by atoms with Crippen LogP contribution < -0.4 is 4.74 Å². The summed E-state index contributed by atoms with van der Waals surface area (Å²) in [6.07, 6.45) is 1.76. The SMILES string of the molecule is COc1ccc(/C=C2\N=C(SCC(=O)N3CCOCC3)N(Cc3ccccc3)C2=O)cc1. The van der Waals surface area contributed by atoms with Crippen molar-refractivity contribution in [2.24, 2.45) is 4.99 Å². The van der Waals surface area contributed by atoms with Gasteiger partial charge in [-0.25, -0.2) is 4.99 Å². The highest BCUT2D eigenvalue weighted by molar-refractivity contribution is 8.14. The van der Waals surface area contributed by atoms with Gasteiger partial charge in [0.25, 0.3) is 5.91 Å². The van der Waals surface area contributed by atoms with Crippen molar-refractivity contribution < 1.29 is 19.1 Å². The second-order valence-corrected chi connectivity index (χ2v) is 8.30. The second kappa shape index (κ2) is 10.5. The van der Waals surface area contributed by atoms with Gasteiger partial charge in [-0.1, -0.05) is 54.2 Å². The van der Waals surface area contributed by atoms with E-state index in [0.29, 0.717) is 43.7 Å². The van der Waals surface area contributed by atoms with Gasteiger partial charge in [0.2, 0.25) is 5.91 Å². The first-order valence-electron chi connectivity index (χ1n) is 10.4. The minimum Gasteiger partial charge on any atom is -0.497 e. The summed E-state index contributed by atoms with van der Waals surface area (Å²) in [5.41, 5.74) is 2.21. The number of benzene rings is 2. The van der Waals surface area contributed by atoms with Crippen molar-refractivity contribution >= 4 is 34.8 Å². The van der Waals surface area contributed by atoms with E-state index in [0.717, 1.165) is 16.9 Å². The summed E-state index contributed by atoms with van der Waals surface area (Å²) in [5.74, 6) is 0.830. The molecular weight excluding hydrogens is 426 g/mol. The average Bonchev–Trinajstić information content (AvgIpc) is 3.13. The van der Waals surface area contributed by atoms with Gasteiger partial charge in [-0.15, -0.1) is 0 Å². The van der Waals surface area contributed by atoms with E-state index >= 15 is 0 Å². The zero-order valence-electron chi connectivity index (χ0n) is 17.9. The Balaban J connectivity index is 1.53. The van der Waals surface area contributed by atoms with E-state index in [1.165, 1.54) is 11.8 Å². The molecule has 0 spiro atoms. The van der Waals surface area contributed by atoms with Crippen LogP contribution in [0, 0.1) is 0 Å². The van der Waals surface area contributed by atoms with E-state index in [1.54, 1.807) is 23.0 Å². The molecule has 0 aromatic heterocycles. The van der Waals surface area contributed by atoms with Gasteiger partial charge in [0, 0.05) is 13.1 Å². The normalized spacial score (nSPS) is 17.6. The summed E-state index contributed by atoms with van der Waals surface area (Å²) in [7, 11) is 1.61. The average molecular weight is 452 g/mol. The van der Waals surface area contributed by atoms with E-state index in [2.05, 4.69) is 4.99 Å². The van der Waals surface area contributed by atoms with E-state index < -0.39 is 0 Å². The fourth-order valence-electron chi connectivity index (χ4n) is 3.43. The van der Waals surface area contributed by atoms with E-state index in [-0.39, 0.29) is 17.6 Å². The van der Waals surface area contributed by atoms with Gasteiger partial charge in [-0.05, 0) is 29.3 Å². The van der Waals surface area contributed by atoms with Crippen LogP contribution in [-0.4, -0.2) is 65.9 Å². The highest BCUT2D eigenvalue weighted by atomic mass is 32.2. The number of methoxy groups -OCH3 is 1. The van der Waals surface area contributed by atoms with Crippen LogP contribution in [0.5, 0.6) is 5.75 Å². The lowest BCUT2D eigenvalue weighted by Gasteiger charge is -2.27. The Morgan fingerprint density at radius 1 is 1.12 bits per heavy atom. The molecule has 0 unspecified atom stereocenters. The Hall–Kier alpha value is -3.10. The van der Waals surface area contributed by atoms with Crippen molar-refractivity contribution in [3.05, 3.63) is 71.4 Å². The number of carbonyl (C=O) groups excluding carboxylic acids is 2. The highest BCUT2D eigenvalue weighted by Crippen LogP contribution is 2.26. The van der Waals surface area contributed by atoms with Crippen LogP contribution in [0.25, 0.3) is 6.08 Å². The number of amidine groups is 1. The van der Waals surface area contributed by atoms with Crippen molar-refractivity contribution in [2.75, 3.05) is 39.2 Å². The van der Waals surface area contributed by atoms with Crippen molar-refractivity contribution in [1.29, 1.82) is 0 Å². The molecule has 0 bridgehead atoms. The molecule has 1 saturated heterocycles. The molecule has 166 valence electrons. The van der Waals surface area contributed by atoms with Crippen LogP contribution in [-0.2, 0) is 20.9 Å².